The first-order valence-corrected chi connectivity index (χ1v) is 6.08. The van der Waals surface area contributed by atoms with Gasteiger partial charge in [-0.05, 0) is 47.5 Å². The average Bonchev–Trinajstić information content (AvgIpc) is 2.29. The van der Waals surface area contributed by atoms with Crippen LogP contribution in [0, 0.1) is 5.82 Å². The average molecular weight is 304 g/mol. The quantitative estimate of drug-likeness (QED) is 0.908. The fraction of sp³-hybridized carbons (Fsp3) is 0.417. The molecule has 0 saturated carbocycles. The van der Waals surface area contributed by atoms with Crippen LogP contribution >= 0.6 is 15.9 Å². The molecule has 0 aliphatic heterocycles. The normalized spacial score (nSPS) is 12.2. The second-order valence-corrected chi connectivity index (χ2v) is 4.63. The van der Waals surface area contributed by atoms with Crippen molar-refractivity contribution >= 4 is 21.8 Å². The molecular weight excluding hydrogens is 289 g/mol. The lowest BCUT2D eigenvalue weighted by Crippen LogP contribution is -2.33. The van der Waals surface area contributed by atoms with Crippen LogP contribution in [0.2, 0.25) is 0 Å². The number of carbonyl (C=O) groups is 1. The van der Waals surface area contributed by atoms with E-state index in [1.54, 1.807) is 7.11 Å². The van der Waals surface area contributed by atoms with Gasteiger partial charge < -0.3 is 10.1 Å². The van der Waals surface area contributed by atoms with Gasteiger partial charge in [0, 0.05) is 24.2 Å². The number of amides is 1. The molecule has 0 heterocycles. The highest BCUT2D eigenvalue weighted by molar-refractivity contribution is 9.10. The van der Waals surface area contributed by atoms with E-state index >= 15 is 0 Å². The maximum atomic E-state index is 13.0. The van der Waals surface area contributed by atoms with E-state index in [1.165, 1.54) is 18.2 Å². The first-order chi connectivity index (χ1) is 8.04. The van der Waals surface area contributed by atoms with E-state index in [1.807, 2.05) is 6.92 Å². The molecule has 0 aliphatic rings. The minimum absolute atomic E-state index is 0.0161. The van der Waals surface area contributed by atoms with Crippen LogP contribution in [-0.2, 0) is 4.74 Å². The Morgan fingerprint density at radius 2 is 2.29 bits per heavy atom. The van der Waals surface area contributed by atoms with E-state index in [4.69, 9.17) is 4.74 Å². The van der Waals surface area contributed by atoms with Crippen molar-refractivity contribution in [1.82, 2.24) is 5.32 Å². The van der Waals surface area contributed by atoms with Gasteiger partial charge in [0.15, 0.2) is 0 Å². The minimum Gasteiger partial charge on any atom is -0.385 e. The largest absolute Gasteiger partial charge is 0.385 e. The summed E-state index contributed by atoms with van der Waals surface area (Å²) in [6.45, 7) is 2.45. The van der Waals surface area contributed by atoms with Crippen LogP contribution in [0.1, 0.15) is 23.7 Å². The Morgan fingerprint density at radius 3 is 2.94 bits per heavy atom. The van der Waals surface area contributed by atoms with E-state index in [0.29, 0.717) is 16.6 Å². The third kappa shape index (κ3) is 4.44. The molecule has 5 heteroatoms. The topological polar surface area (TPSA) is 38.3 Å². The highest BCUT2D eigenvalue weighted by Crippen LogP contribution is 2.17. The van der Waals surface area contributed by atoms with Gasteiger partial charge in [-0.3, -0.25) is 4.79 Å². The molecule has 0 aliphatic carbocycles. The highest BCUT2D eigenvalue weighted by atomic mass is 79.9. The molecule has 0 fully saturated rings. The first-order valence-electron chi connectivity index (χ1n) is 5.29. The molecule has 1 N–H and O–H groups in total. The highest BCUT2D eigenvalue weighted by Gasteiger charge is 2.13. The van der Waals surface area contributed by atoms with Crippen LogP contribution in [-0.4, -0.2) is 25.7 Å². The molecule has 1 rings (SSSR count). The Kier molecular flexibility index (Phi) is 5.58. The molecule has 17 heavy (non-hydrogen) atoms. The molecule has 1 unspecified atom stereocenters. The molecule has 3 nitrogen and oxygen atoms in total. The molecule has 0 bridgehead atoms. The van der Waals surface area contributed by atoms with E-state index in [2.05, 4.69) is 21.2 Å². The Balaban J connectivity index is 2.66. The molecule has 1 aromatic rings. The second-order valence-electron chi connectivity index (χ2n) is 3.78. The van der Waals surface area contributed by atoms with Crippen LogP contribution in [0.15, 0.2) is 22.7 Å². The van der Waals surface area contributed by atoms with Gasteiger partial charge in [-0.2, -0.15) is 0 Å². The molecule has 1 atom stereocenters. The van der Waals surface area contributed by atoms with Gasteiger partial charge in [0.2, 0.25) is 0 Å². The van der Waals surface area contributed by atoms with Crippen LogP contribution in [0.25, 0.3) is 0 Å². The number of ether oxygens (including phenoxy) is 1. The SMILES string of the molecule is COCCC(C)NC(=O)c1cc(F)ccc1Br. The van der Waals surface area contributed by atoms with Crippen molar-refractivity contribution < 1.29 is 13.9 Å². The van der Waals surface area contributed by atoms with Crippen molar-refractivity contribution in [3.8, 4) is 0 Å². The number of carbonyl (C=O) groups excluding carboxylic acids is 1. The summed E-state index contributed by atoms with van der Waals surface area (Å²) in [5.41, 5.74) is 0.300. The lowest BCUT2D eigenvalue weighted by molar-refractivity contribution is 0.0928. The summed E-state index contributed by atoms with van der Waals surface area (Å²) in [5, 5.41) is 2.78. The van der Waals surface area contributed by atoms with Crippen molar-refractivity contribution in [1.29, 1.82) is 0 Å². The van der Waals surface area contributed by atoms with Gasteiger partial charge in [0.05, 0.1) is 5.56 Å². The lowest BCUT2D eigenvalue weighted by Gasteiger charge is -2.14. The summed E-state index contributed by atoms with van der Waals surface area (Å²) in [7, 11) is 1.61. The zero-order chi connectivity index (χ0) is 12.8. The number of methoxy groups -OCH3 is 1. The molecule has 0 spiro atoms. The van der Waals surface area contributed by atoms with Gasteiger partial charge in [-0.1, -0.05) is 0 Å². The third-order valence-corrected chi connectivity index (χ3v) is 3.00. The van der Waals surface area contributed by atoms with Crippen molar-refractivity contribution in [3.05, 3.63) is 34.1 Å². The standard InChI is InChI=1S/C12H15BrFNO2/c1-8(5-6-17-2)15-12(16)10-7-9(14)3-4-11(10)13/h3-4,7-8H,5-6H2,1-2H3,(H,15,16). The number of hydrogen-bond donors (Lipinski definition) is 1. The number of halogens is 2. The number of nitrogens with one attached hydrogen (secondary N) is 1. The molecule has 94 valence electrons. The summed E-state index contributed by atoms with van der Waals surface area (Å²) in [5.74, 6) is -0.720. The fourth-order valence-corrected chi connectivity index (χ4v) is 1.77. The van der Waals surface area contributed by atoms with E-state index in [-0.39, 0.29) is 11.9 Å². The van der Waals surface area contributed by atoms with Gasteiger partial charge >= 0.3 is 0 Å². The van der Waals surface area contributed by atoms with Crippen molar-refractivity contribution in [3.63, 3.8) is 0 Å². The fourth-order valence-electron chi connectivity index (χ4n) is 1.34. The van der Waals surface area contributed by atoms with E-state index < -0.39 is 5.82 Å². The Bertz CT molecular complexity index is 398. The summed E-state index contributed by atoms with van der Waals surface area (Å²) >= 11 is 3.22. The summed E-state index contributed by atoms with van der Waals surface area (Å²) in [4.78, 5) is 11.8. The Labute approximate surface area is 108 Å². The summed E-state index contributed by atoms with van der Waals surface area (Å²) in [6.07, 6.45) is 0.717. The Hall–Kier alpha value is -0.940. The second kappa shape index (κ2) is 6.71. The van der Waals surface area contributed by atoms with Crippen molar-refractivity contribution in [2.45, 2.75) is 19.4 Å². The van der Waals surface area contributed by atoms with Crippen molar-refractivity contribution in [2.75, 3.05) is 13.7 Å². The number of hydrogen-bond acceptors (Lipinski definition) is 2. The summed E-state index contributed by atoms with van der Waals surface area (Å²) < 4.78 is 18.5. The van der Waals surface area contributed by atoms with Crippen molar-refractivity contribution in [2.24, 2.45) is 0 Å². The van der Waals surface area contributed by atoms with Crippen LogP contribution < -0.4 is 5.32 Å². The smallest absolute Gasteiger partial charge is 0.252 e. The Morgan fingerprint density at radius 1 is 1.59 bits per heavy atom. The predicted octanol–water partition coefficient (Wildman–Crippen LogP) is 2.74. The maximum Gasteiger partial charge on any atom is 0.252 e. The zero-order valence-electron chi connectivity index (χ0n) is 9.80. The predicted molar refractivity (Wildman–Crippen MR) is 67.5 cm³/mol. The molecule has 1 aromatic carbocycles. The van der Waals surface area contributed by atoms with Gasteiger partial charge in [-0.15, -0.1) is 0 Å². The van der Waals surface area contributed by atoms with E-state index in [0.717, 1.165) is 6.42 Å². The molecule has 0 radical (unpaired) electrons. The molecule has 0 saturated heterocycles. The lowest BCUT2D eigenvalue weighted by atomic mass is 10.2. The number of benzene rings is 1. The van der Waals surface area contributed by atoms with Gasteiger partial charge in [-0.25, -0.2) is 4.39 Å². The maximum absolute atomic E-state index is 13.0. The molecule has 1 amide bonds. The summed E-state index contributed by atoms with van der Waals surface area (Å²) in [6, 6.07) is 4.01. The van der Waals surface area contributed by atoms with Crippen LogP contribution in [0.5, 0.6) is 0 Å². The van der Waals surface area contributed by atoms with Crippen LogP contribution in [0.4, 0.5) is 4.39 Å². The zero-order valence-corrected chi connectivity index (χ0v) is 11.4. The monoisotopic (exact) mass is 303 g/mol. The number of rotatable bonds is 5. The first kappa shape index (κ1) is 14.1. The van der Waals surface area contributed by atoms with Gasteiger partial charge in [0.1, 0.15) is 5.82 Å². The van der Waals surface area contributed by atoms with E-state index in [9.17, 15) is 9.18 Å². The van der Waals surface area contributed by atoms with Gasteiger partial charge in [0.25, 0.3) is 5.91 Å². The minimum atomic E-state index is -0.428. The molecule has 0 aromatic heterocycles. The molecular formula is C12H15BrFNO2. The van der Waals surface area contributed by atoms with Crippen LogP contribution in [0.3, 0.4) is 0 Å². The third-order valence-electron chi connectivity index (χ3n) is 2.31.